The number of hydrogen-bond acceptors (Lipinski definition) is 4. The Morgan fingerprint density at radius 1 is 1.21 bits per heavy atom. The first-order valence-corrected chi connectivity index (χ1v) is 6.98. The number of aryl methyl sites for hydroxylation is 1. The van der Waals surface area contributed by atoms with Gasteiger partial charge in [0.05, 0.1) is 18.9 Å². The lowest BCUT2D eigenvalue weighted by atomic mass is 10.1. The van der Waals surface area contributed by atoms with E-state index in [-0.39, 0.29) is 0 Å². The minimum atomic E-state index is 0.715. The minimum Gasteiger partial charge on any atom is -0.491 e. The number of ether oxygens (including phenoxy) is 2. The maximum Gasteiger partial charge on any atom is 0.142 e. The number of nitrogens with two attached hydrogens (primary N) is 1. The van der Waals surface area contributed by atoms with E-state index in [2.05, 4.69) is 18.3 Å². The van der Waals surface area contributed by atoms with E-state index in [4.69, 9.17) is 15.2 Å². The van der Waals surface area contributed by atoms with Crippen LogP contribution in [0.2, 0.25) is 0 Å². The highest BCUT2D eigenvalue weighted by atomic mass is 16.5. The van der Waals surface area contributed by atoms with E-state index in [1.165, 1.54) is 5.56 Å². The fourth-order valence-electron chi connectivity index (χ4n) is 1.81. The molecule has 0 fully saturated rings. The minimum absolute atomic E-state index is 0.715. The summed E-state index contributed by atoms with van der Waals surface area (Å²) in [6.45, 7) is 5.46. The Labute approximate surface area is 116 Å². The Morgan fingerprint density at radius 2 is 2.05 bits per heavy atom. The largest absolute Gasteiger partial charge is 0.491 e. The maximum atomic E-state index is 5.97. The molecule has 0 aliphatic carbocycles. The van der Waals surface area contributed by atoms with Crippen LogP contribution in [0.3, 0.4) is 0 Å². The molecule has 0 unspecified atom stereocenters. The van der Waals surface area contributed by atoms with Gasteiger partial charge in [-0.1, -0.05) is 13.0 Å². The Morgan fingerprint density at radius 3 is 2.74 bits per heavy atom. The number of rotatable bonds is 10. The number of hydrogen-bond donors (Lipinski definition) is 2. The van der Waals surface area contributed by atoms with Gasteiger partial charge in [-0.25, -0.2) is 0 Å². The Balaban J connectivity index is 2.29. The molecule has 1 aromatic rings. The van der Waals surface area contributed by atoms with Crippen molar-refractivity contribution < 1.29 is 9.47 Å². The summed E-state index contributed by atoms with van der Waals surface area (Å²) < 4.78 is 10.5. The SMILES string of the molecule is CCCOc1ccc(CCCNCCOC)cc1N. The number of benzene rings is 1. The second kappa shape index (κ2) is 9.64. The second-order valence-electron chi connectivity index (χ2n) is 4.57. The standard InChI is InChI=1S/C15H26N2O2/c1-3-10-19-15-7-6-13(12-14(15)16)5-4-8-17-9-11-18-2/h6-7,12,17H,3-5,8-11,16H2,1-2H3. The van der Waals surface area contributed by atoms with Crippen LogP contribution in [0.25, 0.3) is 0 Å². The molecule has 0 aromatic heterocycles. The molecule has 4 nitrogen and oxygen atoms in total. The number of nitrogens with one attached hydrogen (secondary N) is 1. The highest BCUT2D eigenvalue weighted by Crippen LogP contribution is 2.23. The van der Waals surface area contributed by atoms with Crippen LogP contribution >= 0.6 is 0 Å². The van der Waals surface area contributed by atoms with Crippen LogP contribution in [0, 0.1) is 0 Å². The molecule has 0 spiro atoms. The molecule has 0 bridgehead atoms. The summed E-state index contributed by atoms with van der Waals surface area (Å²) in [6.07, 6.45) is 3.12. The zero-order chi connectivity index (χ0) is 13.9. The second-order valence-corrected chi connectivity index (χ2v) is 4.57. The van der Waals surface area contributed by atoms with Gasteiger partial charge < -0.3 is 20.5 Å². The summed E-state index contributed by atoms with van der Waals surface area (Å²) in [5.41, 5.74) is 7.97. The fraction of sp³-hybridized carbons (Fsp3) is 0.600. The molecule has 108 valence electrons. The Kier molecular flexibility index (Phi) is 8.02. The predicted molar refractivity (Wildman–Crippen MR) is 79.7 cm³/mol. The van der Waals surface area contributed by atoms with Crippen molar-refractivity contribution in [2.24, 2.45) is 0 Å². The molecule has 3 N–H and O–H groups in total. The van der Waals surface area contributed by atoms with Gasteiger partial charge in [0.2, 0.25) is 0 Å². The van der Waals surface area contributed by atoms with Crippen molar-refractivity contribution >= 4 is 5.69 Å². The third-order valence-corrected chi connectivity index (χ3v) is 2.84. The highest BCUT2D eigenvalue weighted by Gasteiger charge is 2.01. The van der Waals surface area contributed by atoms with E-state index < -0.39 is 0 Å². The number of nitrogen functional groups attached to an aromatic ring is 1. The van der Waals surface area contributed by atoms with Gasteiger partial charge in [0.15, 0.2) is 0 Å². The van der Waals surface area contributed by atoms with E-state index >= 15 is 0 Å². The molecule has 0 saturated heterocycles. The summed E-state index contributed by atoms with van der Waals surface area (Å²) in [6, 6.07) is 6.08. The molecule has 0 amide bonds. The van der Waals surface area contributed by atoms with Crippen molar-refractivity contribution in [3.05, 3.63) is 23.8 Å². The topological polar surface area (TPSA) is 56.5 Å². The summed E-state index contributed by atoms with van der Waals surface area (Å²) in [4.78, 5) is 0. The average Bonchev–Trinajstić information content (AvgIpc) is 2.42. The quantitative estimate of drug-likeness (QED) is 0.503. The predicted octanol–water partition coefficient (Wildman–Crippen LogP) is 2.23. The monoisotopic (exact) mass is 266 g/mol. The zero-order valence-electron chi connectivity index (χ0n) is 12.1. The first-order chi connectivity index (χ1) is 9.27. The molecular formula is C15H26N2O2. The molecule has 0 heterocycles. The molecule has 0 aliphatic rings. The van der Waals surface area contributed by atoms with Gasteiger partial charge >= 0.3 is 0 Å². The van der Waals surface area contributed by atoms with Gasteiger partial charge in [0.25, 0.3) is 0 Å². The van der Waals surface area contributed by atoms with Crippen LogP contribution in [0.5, 0.6) is 5.75 Å². The third kappa shape index (κ3) is 6.45. The first-order valence-electron chi connectivity index (χ1n) is 6.98. The smallest absolute Gasteiger partial charge is 0.142 e. The Hall–Kier alpha value is -1.26. The van der Waals surface area contributed by atoms with Crippen molar-refractivity contribution in [1.29, 1.82) is 0 Å². The van der Waals surface area contributed by atoms with Crippen LogP contribution in [-0.2, 0) is 11.2 Å². The van der Waals surface area contributed by atoms with E-state index in [0.717, 1.165) is 50.4 Å². The van der Waals surface area contributed by atoms with Crippen LogP contribution in [0.15, 0.2) is 18.2 Å². The normalized spacial score (nSPS) is 10.6. The van der Waals surface area contributed by atoms with Crippen molar-refractivity contribution in [2.45, 2.75) is 26.2 Å². The number of methoxy groups -OCH3 is 1. The zero-order valence-corrected chi connectivity index (χ0v) is 12.1. The van der Waals surface area contributed by atoms with Gasteiger partial charge in [-0.05, 0) is 43.5 Å². The number of anilines is 1. The van der Waals surface area contributed by atoms with E-state index in [0.29, 0.717) is 6.61 Å². The van der Waals surface area contributed by atoms with E-state index in [9.17, 15) is 0 Å². The molecule has 0 atom stereocenters. The van der Waals surface area contributed by atoms with Gasteiger partial charge in [-0.3, -0.25) is 0 Å². The van der Waals surface area contributed by atoms with E-state index in [1.807, 2.05) is 12.1 Å². The first kappa shape index (κ1) is 15.8. The summed E-state index contributed by atoms with van der Waals surface area (Å²) in [5.74, 6) is 0.795. The maximum absolute atomic E-state index is 5.97. The molecule has 4 heteroatoms. The van der Waals surface area contributed by atoms with Crippen LogP contribution in [-0.4, -0.2) is 33.4 Å². The third-order valence-electron chi connectivity index (χ3n) is 2.84. The van der Waals surface area contributed by atoms with Gasteiger partial charge in [-0.2, -0.15) is 0 Å². The highest BCUT2D eigenvalue weighted by molar-refractivity contribution is 5.54. The van der Waals surface area contributed by atoms with Crippen molar-refractivity contribution in [1.82, 2.24) is 5.32 Å². The summed E-state index contributed by atoms with van der Waals surface area (Å²) in [5, 5.41) is 3.33. The van der Waals surface area contributed by atoms with Crippen LogP contribution in [0.1, 0.15) is 25.3 Å². The molecule has 1 aromatic carbocycles. The van der Waals surface area contributed by atoms with Crippen molar-refractivity contribution in [3.8, 4) is 5.75 Å². The molecule has 1 rings (SSSR count). The summed E-state index contributed by atoms with van der Waals surface area (Å²) >= 11 is 0. The van der Waals surface area contributed by atoms with Gasteiger partial charge in [0, 0.05) is 13.7 Å². The Bertz CT molecular complexity index is 356. The lowest BCUT2D eigenvalue weighted by molar-refractivity contribution is 0.199. The van der Waals surface area contributed by atoms with Crippen LogP contribution in [0.4, 0.5) is 5.69 Å². The molecular weight excluding hydrogens is 240 g/mol. The van der Waals surface area contributed by atoms with Gasteiger partial charge in [0.1, 0.15) is 5.75 Å². The molecule has 0 radical (unpaired) electrons. The summed E-state index contributed by atoms with van der Waals surface area (Å²) in [7, 11) is 1.71. The molecule has 0 saturated carbocycles. The lowest BCUT2D eigenvalue weighted by Crippen LogP contribution is -2.20. The van der Waals surface area contributed by atoms with Crippen LogP contribution < -0.4 is 15.8 Å². The van der Waals surface area contributed by atoms with E-state index in [1.54, 1.807) is 7.11 Å². The lowest BCUT2D eigenvalue weighted by Gasteiger charge is -2.10. The van der Waals surface area contributed by atoms with Crippen molar-refractivity contribution in [3.63, 3.8) is 0 Å². The fourth-order valence-corrected chi connectivity index (χ4v) is 1.81. The molecule has 0 aliphatic heterocycles. The average molecular weight is 266 g/mol. The van der Waals surface area contributed by atoms with Crippen molar-refractivity contribution in [2.75, 3.05) is 39.1 Å². The molecule has 19 heavy (non-hydrogen) atoms. The van der Waals surface area contributed by atoms with Gasteiger partial charge in [-0.15, -0.1) is 0 Å².